The molecule has 2 aromatic rings. The van der Waals surface area contributed by atoms with Crippen molar-refractivity contribution < 1.29 is 19.1 Å². The molecule has 2 unspecified atom stereocenters. The molecule has 0 radical (unpaired) electrons. The molecule has 10 heteroatoms. The van der Waals surface area contributed by atoms with E-state index in [4.69, 9.17) is 9.47 Å². The number of rotatable bonds is 5. The van der Waals surface area contributed by atoms with Gasteiger partial charge in [-0.05, 0) is 43.9 Å². The number of carbonyl (C=O) groups is 2. The molecule has 2 amide bonds. The number of piperidine rings is 1. The van der Waals surface area contributed by atoms with Crippen molar-refractivity contribution in [2.75, 3.05) is 42.6 Å². The van der Waals surface area contributed by atoms with Gasteiger partial charge in [0.15, 0.2) is 11.5 Å². The van der Waals surface area contributed by atoms with E-state index in [1.807, 2.05) is 25.1 Å². The number of anilines is 2. The topological polar surface area (TPSA) is 96.9 Å². The monoisotopic (exact) mass is 457 g/mol. The van der Waals surface area contributed by atoms with Crippen LogP contribution in [-0.2, 0) is 9.59 Å². The van der Waals surface area contributed by atoms with Crippen LogP contribution in [0.3, 0.4) is 0 Å². The van der Waals surface area contributed by atoms with Gasteiger partial charge in [-0.1, -0.05) is 17.4 Å². The lowest BCUT2D eigenvalue weighted by Crippen LogP contribution is -2.43. The van der Waals surface area contributed by atoms with Crippen LogP contribution in [0.25, 0.3) is 0 Å². The van der Waals surface area contributed by atoms with Gasteiger partial charge in [0.2, 0.25) is 22.1 Å². The van der Waals surface area contributed by atoms with E-state index in [1.54, 1.807) is 4.90 Å². The summed E-state index contributed by atoms with van der Waals surface area (Å²) in [5.74, 6) is 1.49. The summed E-state index contributed by atoms with van der Waals surface area (Å²) in [5.41, 5.74) is 0.985. The van der Waals surface area contributed by atoms with Crippen molar-refractivity contribution in [2.45, 2.75) is 38.6 Å². The van der Waals surface area contributed by atoms with Crippen LogP contribution in [0.15, 0.2) is 18.2 Å². The maximum absolute atomic E-state index is 13.0. The van der Waals surface area contributed by atoms with Gasteiger partial charge in [-0.2, -0.15) is 0 Å². The largest absolute Gasteiger partial charge is 0.486 e. The highest BCUT2D eigenvalue weighted by Crippen LogP contribution is 2.34. The molecule has 32 heavy (non-hydrogen) atoms. The first kappa shape index (κ1) is 21.0. The number of amides is 2. The van der Waals surface area contributed by atoms with Crippen LogP contribution in [-0.4, -0.2) is 54.9 Å². The summed E-state index contributed by atoms with van der Waals surface area (Å²) in [4.78, 5) is 28.8. The average Bonchev–Trinajstić information content (AvgIpc) is 3.47. The summed E-state index contributed by atoms with van der Waals surface area (Å²) in [5, 5.41) is 13.1. The van der Waals surface area contributed by atoms with Gasteiger partial charge >= 0.3 is 0 Å². The van der Waals surface area contributed by atoms with E-state index < -0.39 is 0 Å². The second kappa shape index (κ2) is 8.93. The summed E-state index contributed by atoms with van der Waals surface area (Å²) < 4.78 is 11.2. The Morgan fingerprint density at radius 1 is 1.16 bits per heavy atom. The molecule has 0 saturated carbocycles. The van der Waals surface area contributed by atoms with Crippen molar-refractivity contribution in [3.05, 3.63) is 23.8 Å². The lowest BCUT2D eigenvalue weighted by Gasteiger charge is -2.32. The summed E-state index contributed by atoms with van der Waals surface area (Å²) >= 11 is 1.43. The lowest BCUT2D eigenvalue weighted by molar-refractivity contribution is -0.126. The van der Waals surface area contributed by atoms with Gasteiger partial charge < -0.3 is 19.7 Å². The Morgan fingerprint density at radius 2 is 1.97 bits per heavy atom. The molecule has 1 aromatic carbocycles. The highest BCUT2D eigenvalue weighted by atomic mass is 32.1. The van der Waals surface area contributed by atoms with Crippen molar-refractivity contribution in [2.24, 2.45) is 5.92 Å². The third-order valence-corrected chi connectivity index (χ3v) is 7.20. The SMILES string of the molecule is CC(NC(=O)C1CCCN(c2nnc(N3CCCC3=O)s2)C1)c1ccc2c(c1)OCCO2. The number of hydrogen-bond donors (Lipinski definition) is 1. The maximum Gasteiger partial charge on any atom is 0.228 e. The molecule has 1 N–H and O–H groups in total. The molecule has 0 aliphatic carbocycles. The van der Waals surface area contributed by atoms with E-state index in [0.717, 1.165) is 48.0 Å². The minimum Gasteiger partial charge on any atom is -0.486 e. The zero-order valence-electron chi connectivity index (χ0n) is 18.1. The van der Waals surface area contributed by atoms with Gasteiger partial charge in [0.05, 0.1) is 12.0 Å². The first-order valence-corrected chi connectivity index (χ1v) is 12.0. The Kier molecular flexibility index (Phi) is 5.86. The van der Waals surface area contributed by atoms with E-state index in [0.29, 0.717) is 37.9 Å². The fourth-order valence-corrected chi connectivity index (χ4v) is 5.33. The van der Waals surface area contributed by atoms with E-state index in [-0.39, 0.29) is 23.8 Å². The summed E-state index contributed by atoms with van der Waals surface area (Å²) in [6.07, 6.45) is 3.18. The van der Waals surface area contributed by atoms with Gasteiger partial charge in [-0.15, -0.1) is 10.2 Å². The minimum absolute atomic E-state index is 0.0385. The molecule has 3 aliphatic rings. The fourth-order valence-electron chi connectivity index (χ4n) is 4.40. The molecule has 170 valence electrons. The second-order valence-corrected chi connectivity index (χ2v) is 9.37. The van der Waals surface area contributed by atoms with Crippen LogP contribution < -0.4 is 24.6 Å². The molecular weight excluding hydrogens is 430 g/mol. The highest BCUT2D eigenvalue weighted by molar-refractivity contribution is 7.19. The van der Waals surface area contributed by atoms with Crippen LogP contribution >= 0.6 is 11.3 Å². The van der Waals surface area contributed by atoms with E-state index >= 15 is 0 Å². The number of aromatic nitrogens is 2. The molecule has 2 atom stereocenters. The molecule has 5 rings (SSSR count). The van der Waals surface area contributed by atoms with E-state index in [9.17, 15) is 9.59 Å². The van der Waals surface area contributed by atoms with Crippen LogP contribution in [0.4, 0.5) is 10.3 Å². The number of hydrogen-bond acceptors (Lipinski definition) is 8. The van der Waals surface area contributed by atoms with Crippen LogP contribution in [0.5, 0.6) is 11.5 Å². The predicted molar refractivity (Wildman–Crippen MR) is 120 cm³/mol. The van der Waals surface area contributed by atoms with Gasteiger partial charge in [-0.3, -0.25) is 14.5 Å². The molecule has 0 bridgehead atoms. The maximum atomic E-state index is 13.0. The second-order valence-electron chi connectivity index (χ2n) is 8.43. The quantitative estimate of drug-likeness (QED) is 0.737. The van der Waals surface area contributed by atoms with Crippen LogP contribution in [0.2, 0.25) is 0 Å². The molecular formula is C22H27N5O4S. The van der Waals surface area contributed by atoms with Crippen LogP contribution in [0.1, 0.15) is 44.2 Å². The normalized spacial score (nSPS) is 21.5. The zero-order valence-corrected chi connectivity index (χ0v) is 18.9. The Morgan fingerprint density at radius 3 is 2.78 bits per heavy atom. The number of nitrogens with one attached hydrogen (secondary N) is 1. The molecule has 1 aromatic heterocycles. The van der Waals surface area contributed by atoms with Crippen molar-refractivity contribution >= 4 is 33.4 Å². The molecule has 3 aliphatic heterocycles. The van der Waals surface area contributed by atoms with Crippen molar-refractivity contribution in [1.29, 1.82) is 0 Å². The third kappa shape index (κ3) is 4.23. The zero-order chi connectivity index (χ0) is 22.1. The van der Waals surface area contributed by atoms with Gasteiger partial charge in [0, 0.05) is 26.1 Å². The predicted octanol–water partition coefficient (Wildman–Crippen LogP) is 2.53. The van der Waals surface area contributed by atoms with Crippen molar-refractivity contribution in [1.82, 2.24) is 15.5 Å². The molecule has 4 heterocycles. The van der Waals surface area contributed by atoms with Gasteiger partial charge in [-0.25, -0.2) is 0 Å². The molecule has 2 fully saturated rings. The first-order valence-electron chi connectivity index (χ1n) is 11.2. The summed E-state index contributed by atoms with van der Waals surface area (Å²) in [6, 6.07) is 5.67. The number of benzene rings is 1. The summed E-state index contributed by atoms with van der Waals surface area (Å²) in [7, 11) is 0. The lowest BCUT2D eigenvalue weighted by atomic mass is 9.96. The summed E-state index contributed by atoms with van der Waals surface area (Å²) in [6.45, 7) is 5.21. The minimum atomic E-state index is -0.136. The molecule has 2 saturated heterocycles. The number of ether oxygens (including phenoxy) is 2. The standard InChI is InChI=1S/C22H27N5O4S/c1-14(15-6-7-17-18(12-15)31-11-10-30-17)23-20(29)16-4-2-8-26(13-16)21-24-25-22(32-21)27-9-3-5-19(27)28/h6-7,12,14,16H,2-5,8-11,13H2,1H3,(H,23,29). The highest BCUT2D eigenvalue weighted by Gasteiger charge is 2.30. The fraction of sp³-hybridized carbons (Fsp3) is 0.545. The third-order valence-electron chi connectivity index (χ3n) is 6.20. The Balaban J connectivity index is 1.21. The number of nitrogens with zero attached hydrogens (tertiary/aromatic N) is 4. The molecule has 9 nitrogen and oxygen atoms in total. The Bertz CT molecular complexity index is 1010. The number of carbonyl (C=O) groups excluding carboxylic acids is 2. The molecule has 0 spiro atoms. The van der Waals surface area contributed by atoms with Gasteiger partial charge in [0.1, 0.15) is 13.2 Å². The smallest absolute Gasteiger partial charge is 0.228 e. The van der Waals surface area contributed by atoms with E-state index in [1.165, 1.54) is 11.3 Å². The van der Waals surface area contributed by atoms with E-state index in [2.05, 4.69) is 20.4 Å². The average molecular weight is 458 g/mol. The van der Waals surface area contributed by atoms with Crippen molar-refractivity contribution in [3.63, 3.8) is 0 Å². The Hall–Kier alpha value is -2.88. The Labute approximate surface area is 190 Å². The first-order chi connectivity index (χ1) is 15.6. The number of fused-ring (bicyclic) bond motifs is 1. The van der Waals surface area contributed by atoms with Crippen molar-refractivity contribution in [3.8, 4) is 11.5 Å². The van der Waals surface area contributed by atoms with Crippen LogP contribution in [0, 0.1) is 5.92 Å². The van der Waals surface area contributed by atoms with Gasteiger partial charge in [0.25, 0.3) is 0 Å².